The van der Waals surface area contributed by atoms with Crippen molar-refractivity contribution >= 4 is 11.0 Å². The second kappa shape index (κ2) is 4.67. The van der Waals surface area contributed by atoms with E-state index in [1.54, 1.807) is 0 Å². The van der Waals surface area contributed by atoms with E-state index in [0.717, 1.165) is 22.6 Å². The Kier molecular flexibility index (Phi) is 3.37. The fraction of sp³-hybridized carbons (Fsp3) is 0.643. The second-order valence-electron chi connectivity index (χ2n) is 5.70. The zero-order valence-electron chi connectivity index (χ0n) is 12.1. The molecule has 4 heteroatoms. The molecule has 0 atom stereocenters. The van der Waals surface area contributed by atoms with Crippen LogP contribution in [-0.4, -0.2) is 19.7 Å². The smallest absolute Gasteiger partial charge is 0.131 e. The maximum atomic E-state index is 4.70. The van der Waals surface area contributed by atoms with Crippen LogP contribution >= 0.6 is 0 Å². The third kappa shape index (κ3) is 2.11. The maximum Gasteiger partial charge on any atom is 0.131 e. The van der Waals surface area contributed by atoms with Crippen molar-refractivity contribution in [3.8, 4) is 0 Å². The molecule has 2 aromatic heterocycles. The van der Waals surface area contributed by atoms with Crippen molar-refractivity contribution in [2.45, 2.75) is 59.4 Å². The topological polar surface area (TPSA) is 43.6 Å². The Hall–Kier alpha value is -1.45. The summed E-state index contributed by atoms with van der Waals surface area (Å²) in [6, 6.07) is 0.327. The summed E-state index contributed by atoms with van der Waals surface area (Å²) in [6.45, 7) is 12.8. The third-order valence-electron chi connectivity index (χ3n) is 3.05. The van der Waals surface area contributed by atoms with E-state index in [0.29, 0.717) is 17.9 Å². The Bertz CT molecular complexity index is 552. The first-order valence-electron chi connectivity index (χ1n) is 6.66. The molecule has 0 amide bonds. The minimum atomic E-state index is 0.327. The SMILES string of the molecule is CC(C)c1ncc2c(n1)c(C(C)C)nn2C(C)C. The first-order valence-corrected chi connectivity index (χ1v) is 6.66. The number of aromatic nitrogens is 4. The lowest BCUT2D eigenvalue weighted by molar-refractivity contribution is 0.539. The standard InChI is InChI=1S/C14H22N4/c1-8(2)12-13-11(18(17-12)10(5)6)7-15-14(16-13)9(3)4/h7-10H,1-6H3. The Morgan fingerprint density at radius 2 is 1.67 bits per heavy atom. The monoisotopic (exact) mass is 246 g/mol. The highest BCUT2D eigenvalue weighted by Gasteiger charge is 2.18. The summed E-state index contributed by atoms with van der Waals surface area (Å²) in [5, 5.41) is 4.70. The summed E-state index contributed by atoms with van der Waals surface area (Å²) in [7, 11) is 0. The molecule has 2 heterocycles. The van der Waals surface area contributed by atoms with E-state index < -0.39 is 0 Å². The molecule has 0 aromatic carbocycles. The molecule has 18 heavy (non-hydrogen) atoms. The highest BCUT2D eigenvalue weighted by molar-refractivity contribution is 5.77. The van der Waals surface area contributed by atoms with E-state index in [9.17, 15) is 0 Å². The summed E-state index contributed by atoms with van der Waals surface area (Å²) >= 11 is 0. The Labute approximate surface area is 108 Å². The molecule has 2 rings (SSSR count). The minimum absolute atomic E-state index is 0.327. The van der Waals surface area contributed by atoms with Gasteiger partial charge in [-0.25, -0.2) is 9.97 Å². The normalized spacial score (nSPS) is 12.3. The fourth-order valence-electron chi connectivity index (χ4n) is 2.02. The van der Waals surface area contributed by atoms with Crippen molar-refractivity contribution < 1.29 is 0 Å². The number of fused-ring (bicyclic) bond motifs is 1. The van der Waals surface area contributed by atoms with Crippen molar-refractivity contribution in [2.75, 3.05) is 0 Å². The maximum absolute atomic E-state index is 4.70. The summed E-state index contributed by atoms with van der Waals surface area (Å²) in [6.07, 6.45) is 1.91. The molecular formula is C14H22N4. The molecule has 0 saturated heterocycles. The van der Waals surface area contributed by atoms with Gasteiger partial charge in [0, 0.05) is 12.0 Å². The Balaban J connectivity index is 2.71. The fourth-order valence-corrected chi connectivity index (χ4v) is 2.02. The lowest BCUT2D eigenvalue weighted by Crippen LogP contribution is -2.04. The zero-order valence-corrected chi connectivity index (χ0v) is 12.1. The van der Waals surface area contributed by atoms with Gasteiger partial charge in [-0.3, -0.25) is 4.68 Å². The molecule has 0 fully saturated rings. The van der Waals surface area contributed by atoms with Crippen molar-refractivity contribution in [1.29, 1.82) is 0 Å². The van der Waals surface area contributed by atoms with Crippen LogP contribution in [0.2, 0.25) is 0 Å². The molecule has 0 aliphatic heterocycles. The van der Waals surface area contributed by atoms with Crippen LogP contribution in [0.3, 0.4) is 0 Å². The van der Waals surface area contributed by atoms with Gasteiger partial charge in [-0.1, -0.05) is 27.7 Å². The van der Waals surface area contributed by atoms with E-state index in [4.69, 9.17) is 10.1 Å². The Morgan fingerprint density at radius 1 is 1.00 bits per heavy atom. The molecule has 0 N–H and O–H groups in total. The second-order valence-corrected chi connectivity index (χ2v) is 5.70. The molecule has 0 unspecified atom stereocenters. The molecule has 4 nitrogen and oxygen atoms in total. The molecule has 0 aliphatic rings. The van der Waals surface area contributed by atoms with Gasteiger partial charge in [0.25, 0.3) is 0 Å². The van der Waals surface area contributed by atoms with Crippen LogP contribution in [0, 0.1) is 0 Å². The van der Waals surface area contributed by atoms with E-state index in [2.05, 4.69) is 46.5 Å². The molecule has 98 valence electrons. The molecule has 0 spiro atoms. The van der Waals surface area contributed by atoms with Gasteiger partial charge < -0.3 is 0 Å². The molecule has 0 saturated carbocycles. The number of rotatable bonds is 3. The van der Waals surface area contributed by atoms with Gasteiger partial charge in [0.2, 0.25) is 0 Å². The van der Waals surface area contributed by atoms with Crippen LogP contribution in [0.25, 0.3) is 11.0 Å². The third-order valence-corrected chi connectivity index (χ3v) is 3.05. The Morgan fingerprint density at radius 3 is 2.17 bits per heavy atom. The summed E-state index contributed by atoms with van der Waals surface area (Å²) in [4.78, 5) is 9.15. The average Bonchev–Trinajstić information content (AvgIpc) is 2.67. The summed E-state index contributed by atoms with van der Waals surface area (Å²) in [5.41, 5.74) is 3.12. The summed E-state index contributed by atoms with van der Waals surface area (Å²) in [5.74, 6) is 1.62. The average molecular weight is 246 g/mol. The van der Waals surface area contributed by atoms with Gasteiger partial charge in [-0.15, -0.1) is 0 Å². The molecule has 0 bridgehead atoms. The van der Waals surface area contributed by atoms with Crippen LogP contribution in [0.1, 0.15) is 70.9 Å². The highest BCUT2D eigenvalue weighted by Crippen LogP contribution is 2.26. The van der Waals surface area contributed by atoms with Crippen molar-refractivity contribution in [3.05, 3.63) is 17.7 Å². The lowest BCUT2D eigenvalue weighted by atomic mass is 10.1. The van der Waals surface area contributed by atoms with Gasteiger partial charge in [-0.2, -0.15) is 5.10 Å². The highest BCUT2D eigenvalue weighted by atomic mass is 15.3. The van der Waals surface area contributed by atoms with Crippen molar-refractivity contribution in [2.24, 2.45) is 0 Å². The van der Waals surface area contributed by atoms with Crippen molar-refractivity contribution in [1.82, 2.24) is 19.7 Å². The molecule has 0 radical (unpaired) electrons. The van der Waals surface area contributed by atoms with Gasteiger partial charge in [0.15, 0.2) is 0 Å². The van der Waals surface area contributed by atoms with Crippen LogP contribution < -0.4 is 0 Å². The first-order chi connectivity index (χ1) is 8.41. The molecule has 0 aliphatic carbocycles. The van der Waals surface area contributed by atoms with E-state index >= 15 is 0 Å². The van der Waals surface area contributed by atoms with Gasteiger partial charge in [-0.05, 0) is 19.8 Å². The van der Waals surface area contributed by atoms with Gasteiger partial charge in [0.1, 0.15) is 16.9 Å². The van der Waals surface area contributed by atoms with Gasteiger partial charge in [0.05, 0.1) is 11.9 Å². The number of nitrogens with zero attached hydrogens (tertiary/aromatic N) is 4. The van der Waals surface area contributed by atoms with Crippen LogP contribution in [0.4, 0.5) is 0 Å². The number of hydrogen-bond donors (Lipinski definition) is 0. The predicted octanol–water partition coefficient (Wildman–Crippen LogP) is 3.65. The van der Waals surface area contributed by atoms with Crippen LogP contribution in [0.5, 0.6) is 0 Å². The van der Waals surface area contributed by atoms with E-state index in [-0.39, 0.29) is 0 Å². The molecular weight excluding hydrogens is 224 g/mol. The number of hydrogen-bond acceptors (Lipinski definition) is 3. The van der Waals surface area contributed by atoms with E-state index in [1.165, 1.54) is 0 Å². The predicted molar refractivity (Wildman–Crippen MR) is 73.9 cm³/mol. The van der Waals surface area contributed by atoms with E-state index in [1.807, 2.05) is 10.9 Å². The van der Waals surface area contributed by atoms with Crippen LogP contribution in [0.15, 0.2) is 6.20 Å². The summed E-state index contributed by atoms with van der Waals surface area (Å²) < 4.78 is 2.02. The lowest BCUT2D eigenvalue weighted by Gasteiger charge is -2.07. The zero-order chi connectivity index (χ0) is 13.4. The van der Waals surface area contributed by atoms with Crippen LogP contribution in [-0.2, 0) is 0 Å². The molecule has 2 aromatic rings. The minimum Gasteiger partial charge on any atom is -0.259 e. The quantitative estimate of drug-likeness (QED) is 0.830. The first kappa shape index (κ1) is 13.0. The van der Waals surface area contributed by atoms with Gasteiger partial charge >= 0.3 is 0 Å². The van der Waals surface area contributed by atoms with Crippen molar-refractivity contribution in [3.63, 3.8) is 0 Å². The largest absolute Gasteiger partial charge is 0.259 e.